The molecule has 0 fully saturated rings. The van der Waals surface area contributed by atoms with Gasteiger partial charge in [-0.05, 0) is 54.8 Å². The van der Waals surface area contributed by atoms with E-state index in [9.17, 15) is 4.79 Å². The van der Waals surface area contributed by atoms with Crippen LogP contribution in [0.5, 0.6) is 5.75 Å². The van der Waals surface area contributed by atoms with Crippen molar-refractivity contribution in [3.05, 3.63) is 77.1 Å². The van der Waals surface area contributed by atoms with E-state index in [-0.39, 0.29) is 6.42 Å². The molecule has 29 heavy (non-hydrogen) atoms. The van der Waals surface area contributed by atoms with Crippen molar-refractivity contribution in [1.82, 2.24) is 9.78 Å². The van der Waals surface area contributed by atoms with E-state index in [0.717, 1.165) is 34.8 Å². The molecule has 0 unspecified atom stereocenters. The number of benzene rings is 2. The number of hydrogen-bond donors (Lipinski definition) is 1. The Kier molecular flexibility index (Phi) is 6.06. The van der Waals surface area contributed by atoms with E-state index in [2.05, 4.69) is 36.3 Å². The third-order valence-electron chi connectivity index (χ3n) is 5.11. The number of carboxylic acids is 1. The molecule has 2 aromatic carbocycles. The van der Waals surface area contributed by atoms with Gasteiger partial charge in [0.25, 0.3) is 0 Å². The van der Waals surface area contributed by atoms with Gasteiger partial charge in [-0.2, -0.15) is 5.10 Å². The van der Waals surface area contributed by atoms with E-state index in [1.807, 2.05) is 55.8 Å². The molecular formula is C24H28N2O3. The molecule has 0 saturated carbocycles. The second kappa shape index (κ2) is 8.52. The summed E-state index contributed by atoms with van der Waals surface area (Å²) in [5.74, 6) is -0.0578. The highest BCUT2D eigenvalue weighted by Crippen LogP contribution is 2.28. The minimum absolute atomic E-state index is 0.0858. The van der Waals surface area contributed by atoms with Crippen LogP contribution in [0, 0.1) is 6.92 Å². The smallest absolute Gasteiger partial charge is 0.304 e. The summed E-state index contributed by atoms with van der Waals surface area (Å²) < 4.78 is 7.90. The SMILES string of the molecule is CCc1ccc(-n2nc(C)cc2COc2ccc(C(C)(C)CC(=O)O)cc2)cc1. The molecule has 0 aliphatic heterocycles. The summed E-state index contributed by atoms with van der Waals surface area (Å²) in [6, 6.07) is 18.1. The Hall–Kier alpha value is -3.08. The molecule has 152 valence electrons. The van der Waals surface area contributed by atoms with E-state index in [4.69, 9.17) is 9.84 Å². The van der Waals surface area contributed by atoms with Gasteiger partial charge in [0, 0.05) is 5.41 Å². The monoisotopic (exact) mass is 392 g/mol. The number of nitrogens with zero attached hydrogens (tertiary/aromatic N) is 2. The van der Waals surface area contributed by atoms with E-state index < -0.39 is 11.4 Å². The molecule has 0 saturated heterocycles. The van der Waals surface area contributed by atoms with Crippen LogP contribution in [0.3, 0.4) is 0 Å². The molecular weight excluding hydrogens is 364 g/mol. The average molecular weight is 392 g/mol. The van der Waals surface area contributed by atoms with Gasteiger partial charge in [-0.25, -0.2) is 4.68 Å². The van der Waals surface area contributed by atoms with Gasteiger partial charge < -0.3 is 9.84 Å². The molecule has 3 rings (SSSR count). The first kappa shape index (κ1) is 20.6. The minimum atomic E-state index is -0.800. The zero-order valence-electron chi connectivity index (χ0n) is 17.5. The zero-order chi connectivity index (χ0) is 21.0. The topological polar surface area (TPSA) is 64.4 Å². The molecule has 0 bridgehead atoms. The summed E-state index contributed by atoms with van der Waals surface area (Å²) in [5, 5.41) is 13.7. The van der Waals surface area contributed by atoms with Crippen molar-refractivity contribution in [3.63, 3.8) is 0 Å². The Morgan fingerprint density at radius 2 is 1.76 bits per heavy atom. The first-order valence-corrected chi connectivity index (χ1v) is 9.88. The van der Waals surface area contributed by atoms with Crippen molar-refractivity contribution in [2.45, 2.75) is 52.6 Å². The number of aromatic nitrogens is 2. The van der Waals surface area contributed by atoms with Crippen molar-refractivity contribution in [2.75, 3.05) is 0 Å². The summed E-state index contributed by atoms with van der Waals surface area (Å²) in [6.07, 6.45) is 1.09. The van der Waals surface area contributed by atoms with Gasteiger partial charge in [0.2, 0.25) is 0 Å². The number of aryl methyl sites for hydroxylation is 2. The lowest BCUT2D eigenvalue weighted by atomic mass is 9.82. The van der Waals surface area contributed by atoms with Gasteiger partial charge in [0.1, 0.15) is 12.4 Å². The molecule has 0 atom stereocenters. The van der Waals surface area contributed by atoms with Crippen molar-refractivity contribution in [3.8, 4) is 11.4 Å². The minimum Gasteiger partial charge on any atom is -0.487 e. The molecule has 0 amide bonds. The van der Waals surface area contributed by atoms with Gasteiger partial charge in [-0.3, -0.25) is 4.79 Å². The molecule has 0 aliphatic carbocycles. The standard InChI is InChI=1S/C24H28N2O3/c1-5-18-6-10-20(11-7-18)26-21(14-17(2)25-26)16-29-22-12-8-19(9-13-22)24(3,4)15-23(27)28/h6-14H,5,15-16H2,1-4H3,(H,27,28). The van der Waals surface area contributed by atoms with Crippen LogP contribution in [0.15, 0.2) is 54.6 Å². The molecule has 1 heterocycles. The number of hydrogen-bond acceptors (Lipinski definition) is 3. The lowest BCUT2D eigenvalue weighted by molar-refractivity contribution is -0.138. The number of rotatable bonds is 8. The van der Waals surface area contributed by atoms with Gasteiger partial charge in [-0.1, -0.05) is 45.0 Å². The number of carboxylic acid groups (broad SMARTS) is 1. The Balaban J connectivity index is 1.72. The quantitative estimate of drug-likeness (QED) is 0.581. The summed E-state index contributed by atoms with van der Waals surface area (Å²) in [5.41, 5.74) is 4.77. The highest BCUT2D eigenvalue weighted by atomic mass is 16.5. The van der Waals surface area contributed by atoms with Crippen LogP contribution >= 0.6 is 0 Å². The molecule has 0 aliphatic rings. The van der Waals surface area contributed by atoms with Crippen LogP contribution in [0.25, 0.3) is 5.69 Å². The molecule has 5 heteroatoms. The molecule has 5 nitrogen and oxygen atoms in total. The first-order chi connectivity index (χ1) is 13.8. The van der Waals surface area contributed by atoms with Crippen molar-refractivity contribution in [2.24, 2.45) is 0 Å². The summed E-state index contributed by atoms with van der Waals surface area (Å²) >= 11 is 0. The second-order valence-electron chi connectivity index (χ2n) is 7.98. The zero-order valence-corrected chi connectivity index (χ0v) is 17.5. The van der Waals surface area contributed by atoms with E-state index in [1.165, 1.54) is 5.56 Å². The lowest BCUT2D eigenvalue weighted by Crippen LogP contribution is -2.21. The maximum absolute atomic E-state index is 11.1. The fourth-order valence-corrected chi connectivity index (χ4v) is 3.39. The normalized spacial score (nSPS) is 11.4. The maximum atomic E-state index is 11.1. The fourth-order valence-electron chi connectivity index (χ4n) is 3.39. The second-order valence-corrected chi connectivity index (χ2v) is 7.98. The van der Waals surface area contributed by atoms with Gasteiger partial charge >= 0.3 is 5.97 Å². The Bertz CT molecular complexity index is 970. The van der Waals surface area contributed by atoms with Crippen molar-refractivity contribution in [1.29, 1.82) is 0 Å². The number of carbonyl (C=O) groups is 1. The molecule has 0 radical (unpaired) electrons. The van der Waals surface area contributed by atoms with Gasteiger partial charge in [-0.15, -0.1) is 0 Å². The van der Waals surface area contributed by atoms with Crippen molar-refractivity contribution >= 4 is 5.97 Å². The third kappa shape index (κ3) is 5.05. The molecule has 1 N–H and O–H groups in total. The fraction of sp³-hybridized carbons (Fsp3) is 0.333. The molecule has 1 aromatic heterocycles. The largest absolute Gasteiger partial charge is 0.487 e. The Labute approximate surface area is 172 Å². The summed E-state index contributed by atoms with van der Waals surface area (Å²) in [7, 11) is 0. The van der Waals surface area contributed by atoms with Crippen LogP contribution in [0.1, 0.15) is 49.7 Å². The van der Waals surface area contributed by atoms with Gasteiger partial charge in [0.15, 0.2) is 0 Å². The highest BCUT2D eigenvalue weighted by Gasteiger charge is 2.24. The van der Waals surface area contributed by atoms with Crippen LogP contribution in [-0.4, -0.2) is 20.9 Å². The maximum Gasteiger partial charge on any atom is 0.304 e. The van der Waals surface area contributed by atoms with Crippen LogP contribution in [-0.2, 0) is 23.2 Å². The van der Waals surface area contributed by atoms with E-state index in [1.54, 1.807) is 0 Å². The molecule has 3 aromatic rings. The number of aliphatic carboxylic acids is 1. The predicted octanol–water partition coefficient (Wildman–Crippen LogP) is 5.07. The van der Waals surface area contributed by atoms with E-state index >= 15 is 0 Å². The predicted molar refractivity (Wildman–Crippen MR) is 114 cm³/mol. The Morgan fingerprint density at radius 3 is 2.34 bits per heavy atom. The van der Waals surface area contributed by atoms with E-state index in [0.29, 0.717) is 6.61 Å². The number of ether oxygens (including phenoxy) is 1. The van der Waals surface area contributed by atoms with Crippen molar-refractivity contribution < 1.29 is 14.6 Å². The van der Waals surface area contributed by atoms with Crippen LogP contribution in [0.2, 0.25) is 0 Å². The lowest BCUT2D eigenvalue weighted by Gasteiger charge is -2.23. The Morgan fingerprint density at radius 1 is 1.10 bits per heavy atom. The van der Waals surface area contributed by atoms with Crippen LogP contribution in [0.4, 0.5) is 0 Å². The summed E-state index contributed by atoms with van der Waals surface area (Å²) in [4.78, 5) is 11.1. The average Bonchev–Trinajstić information content (AvgIpc) is 3.06. The highest BCUT2D eigenvalue weighted by molar-refractivity contribution is 5.68. The summed E-state index contributed by atoms with van der Waals surface area (Å²) in [6.45, 7) is 8.37. The van der Waals surface area contributed by atoms with Crippen LogP contribution < -0.4 is 4.74 Å². The van der Waals surface area contributed by atoms with Gasteiger partial charge in [0.05, 0.1) is 23.5 Å². The molecule has 0 spiro atoms. The third-order valence-corrected chi connectivity index (χ3v) is 5.11. The first-order valence-electron chi connectivity index (χ1n) is 9.88.